The molecule has 0 bridgehead atoms. The summed E-state index contributed by atoms with van der Waals surface area (Å²) in [5.74, 6) is 0.0508. The van der Waals surface area contributed by atoms with Gasteiger partial charge in [0.2, 0.25) is 5.91 Å². The van der Waals surface area contributed by atoms with Crippen molar-refractivity contribution in [2.45, 2.75) is 12.5 Å². The normalized spacial score (nSPS) is 23.2. The van der Waals surface area contributed by atoms with E-state index < -0.39 is 6.10 Å². The van der Waals surface area contributed by atoms with E-state index >= 15 is 0 Å². The standard InChI is InChI=1S/C11H13NO2/c13-10-6-9(7-12-10)11(14)8-4-2-1-3-5-8/h1-5,9,11,14H,6-7H2,(H,12,13)/t9?,11-/m1/s1. The highest BCUT2D eigenvalue weighted by Crippen LogP contribution is 2.26. The second kappa shape index (κ2) is 3.80. The maximum absolute atomic E-state index is 11.0. The van der Waals surface area contributed by atoms with Crippen LogP contribution in [0.25, 0.3) is 0 Å². The molecule has 2 atom stereocenters. The van der Waals surface area contributed by atoms with Gasteiger partial charge in [-0.3, -0.25) is 4.79 Å². The zero-order chi connectivity index (χ0) is 9.97. The van der Waals surface area contributed by atoms with Gasteiger partial charge in [0.15, 0.2) is 0 Å². The molecule has 1 aromatic carbocycles. The van der Waals surface area contributed by atoms with E-state index in [9.17, 15) is 9.90 Å². The Labute approximate surface area is 82.8 Å². The highest BCUT2D eigenvalue weighted by Gasteiger charge is 2.28. The van der Waals surface area contributed by atoms with Gasteiger partial charge in [-0.1, -0.05) is 30.3 Å². The van der Waals surface area contributed by atoms with E-state index in [0.29, 0.717) is 13.0 Å². The Morgan fingerprint density at radius 2 is 2.07 bits per heavy atom. The zero-order valence-electron chi connectivity index (χ0n) is 7.81. The second-order valence-electron chi connectivity index (χ2n) is 3.62. The lowest BCUT2D eigenvalue weighted by molar-refractivity contribution is -0.119. The van der Waals surface area contributed by atoms with E-state index in [1.54, 1.807) is 0 Å². The number of aliphatic hydroxyl groups is 1. The van der Waals surface area contributed by atoms with Crippen molar-refractivity contribution in [1.29, 1.82) is 0 Å². The summed E-state index contributed by atoms with van der Waals surface area (Å²) in [5.41, 5.74) is 0.883. The molecule has 0 aromatic heterocycles. The number of carbonyl (C=O) groups is 1. The highest BCUT2D eigenvalue weighted by molar-refractivity contribution is 5.78. The van der Waals surface area contributed by atoms with Crippen molar-refractivity contribution >= 4 is 5.91 Å². The van der Waals surface area contributed by atoms with Crippen LogP contribution in [0.5, 0.6) is 0 Å². The molecule has 1 aliphatic rings. The maximum Gasteiger partial charge on any atom is 0.220 e. The Bertz CT molecular complexity index is 323. The fourth-order valence-corrected chi connectivity index (χ4v) is 1.77. The first kappa shape index (κ1) is 9.21. The summed E-state index contributed by atoms with van der Waals surface area (Å²) >= 11 is 0. The monoisotopic (exact) mass is 191 g/mol. The van der Waals surface area contributed by atoms with Crippen LogP contribution in [0.3, 0.4) is 0 Å². The van der Waals surface area contributed by atoms with Crippen molar-refractivity contribution in [2.24, 2.45) is 5.92 Å². The number of rotatable bonds is 2. The van der Waals surface area contributed by atoms with Crippen LogP contribution in [0.1, 0.15) is 18.1 Å². The third kappa shape index (κ3) is 1.77. The van der Waals surface area contributed by atoms with Gasteiger partial charge in [-0.15, -0.1) is 0 Å². The Balaban J connectivity index is 2.09. The van der Waals surface area contributed by atoms with Crippen molar-refractivity contribution in [3.05, 3.63) is 35.9 Å². The van der Waals surface area contributed by atoms with Crippen LogP contribution in [0.2, 0.25) is 0 Å². The molecule has 3 heteroatoms. The predicted molar refractivity (Wildman–Crippen MR) is 52.5 cm³/mol. The Morgan fingerprint density at radius 1 is 1.36 bits per heavy atom. The van der Waals surface area contributed by atoms with Gasteiger partial charge in [0.05, 0.1) is 6.10 Å². The molecule has 0 spiro atoms. The topological polar surface area (TPSA) is 49.3 Å². The van der Waals surface area contributed by atoms with Crippen LogP contribution in [0.4, 0.5) is 0 Å². The largest absolute Gasteiger partial charge is 0.388 e. The van der Waals surface area contributed by atoms with Crippen molar-refractivity contribution < 1.29 is 9.90 Å². The van der Waals surface area contributed by atoms with Crippen LogP contribution < -0.4 is 5.32 Å². The molecule has 74 valence electrons. The van der Waals surface area contributed by atoms with Gasteiger partial charge in [-0.2, -0.15) is 0 Å². The molecule has 2 rings (SSSR count). The number of hydrogen-bond acceptors (Lipinski definition) is 2. The number of nitrogens with one attached hydrogen (secondary N) is 1. The highest BCUT2D eigenvalue weighted by atomic mass is 16.3. The summed E-state index contributed by atoms with van der Waals surface area (Å²) in [7, 11) is 0. The minimum atomic E-state index is -0.532. The van der Waals surface area contributed by atoms with Gasteiger partial charge in [0.1, 0.15) is 0 Å². The molecule has 1 aromatic rings. The second-order valence-corrected chi connectivity index (χ2v) is 3.62. The molecule has 14 heavy (non-hydrogen) atoms. The van der Waals surface area contributed by atoms with Crippen LogP contribution in [0.15, 0.2) is 30.3 Å². The molecule has 0 radical (unpaired) electrons. The minimum absolute atomic E-state index is 0.0184. The molecule has 1 fully saturated rings. The van der Waals surface area contributed by atoms with Crippen molar-refractivity contribution in [2.75, 3.05) is 6.54 Å². The zero-order valence-corrected chi connectivity index (χ0v) is 7.81. The molecule has 0 aliphatic carbocycles. The van der Waals surface area contributed by atoms with E-state index in [4.69, 9.17) is 0 Å². The molecular weight excluding hydrogens is 178 g/mol. The summed E-state index contributed by atoms with van der Waals surface area (Å²) in [6.45, 7) is 0.578. The van der Waals surface area contributed by atoms with Crippen LogP contribution in [-0.4, -0.2) is 17.6 Å². The third-order valence-corrected chi connectivity index (χ3v) is 2.60. The SMILES string of the molecule is O=C1CC([C@H](O)c2ccccc2)CN1. The first-order valence-corrected chi connectivity index (χ1v) is 4.77. The summed E-state index contributed by atoms with van der Waals surface area (Å²) in [4.78, 5) is 11.0. The first-order chi connectivity index (χ1) is 6.77. The molecule has 1 aliphatic heterocycles. The fourth-order valence-electron chi connectivity index (χ4n) is 1.77. The summed E-state index contributed by atoms with van der Waals surface area (Å²) in [6, 6.07) is 9.46. The lowest BCUT2D eigenvalue weighted by Crippen LogP contribution is -2.17. The summed E-state index contributed by atoms with van der Waals surface area (Å²) < 4.78 is 0. The molecule has 1 heterocycles. The van der Waals surface area contributed by atoms with Crippen LogP contribution >= 0.6 is 0 Å². The van der Waals surface area contributed by atoms with Gasteiger partial charge in [-0.25, -0.2) is 0 Å². The number of amides is 1. The maximum atomic E-state index is 11.0. The van der Waals surface area contributed by atoms with E-state index in [-0.39, 0.29) is 11.8 Å². The van der Waals surface area contributed by atoms with Crippen molar-refractivity contribution in [1.82, 2.24) is 5.32 Å². The Hall–Kier alpha value is -1.35. The van der Waals surface area contributed by atoms with Crippen LogP contribution in [0, 0.1) is 5.92 Å². The number of benzene rings is 1. The van der Waals surface area contributed by atoms with Gasteiger partial charge in [0.25, 0.3) is 0 Å². The van der Waals surface area contributed by atoms with E-state index in [0.717, 1.165) is 5.56 Å². The smallest absolute Gasteiger partial charge is 0.220 e. The van der Waals surface area contributed by atoms with Gasteiger partial charge in [-0.05, 0) is 5.56 Å². The molecule has 3 nitrogen and oxygen atoms in total. The van der Waals surface area contributed by atoms with Crippen LogP contribution in [-0.2, 0) is 4.79 Å². The van der Waals surface area contributed by atoms with Gasteiger partial charge >= 0.3 is 0 Å². The summed E-state index contributed by atoms with van der Waals surface area (Å²) in [5, 5.41) is 12.7. The van der Waals surface area contributed by atoms with E-state index in [1.165, 1.54) is 0 Å². The molecular formula is C11H13NO2. The molecule has 1 unspecified atom stereocenters. The molecule has 2 N–H and O–H groups in total. The third-order valence-electron chi connectivity index (χ3n) is 2.60. The Morgan fingerprint density at radius 3 is 2.64 bits per heavy atom. The Kier molecular flexibility index (Phi) is 2.50. The van der Waals surface area contributed by atoms with E-state index in [2.05, 4.69) is 5.32 Å². The number of hydrogen-bond donors (Lipinski definition) is 2. The minimum Gasteiger partial charge on any atom is -0.388 e. The van der Waals surface area contributed by atoms with Crippen molar-refractivity contribution in [3.8, 4) is 0 Å². The summed E-state index contributed by atoms with van der Waals surface area (Å²) in [6.07, 6.45) is -0.106. The lowest BCUT2D eigenvalue weighted by Gasteiger charge is -2.16. The number of carbonyl (C=O) groups excluding carboxylic acids is 1. The fraction of sp³-hybridized carbons (Fsp3) is 0.364. The quantitative estimate of drug-likeness (QED) is 0.728. The first-order valence-electron chi connectivity index (χ1n) is 4.77. The number of aliphatic hydroxyl groups excluding tert-OH is 1. The van der Waals surface area contributed by atoms with E-state index in [1.807, 2.05) is 30.3 Å². The molecule has 0 saturated carbocycles. The average Bonchev–Trinajstić information content (AvgIpc) is 2.65. The van der Waals surface area contributed by atoms with Gasteiger partial charge in [0, 0.05) is 18.9 Å². The molecule has 1 amide bonds. The molecule has 1 saturated heterocycles. The van der Waals surface area contributed by atoms with Gasteiger partial charge < -0.3 is 10.4 Å². The lowest BCUT2D eigenvalue weighted by atomic mass is 9.95. The predicted octanol–water partition coefficient (Wildman–Crippen LogP) is 0.856. The average molecular weight is 191 g/mol. The van der Waals surface area contributed by atoms with Crippen molar-refractivity contribution in [3.63, 3.8) is 0 Å².